The van der Waals surface area contributed by atoms with Crippen molar-refractivity contribution in [1.29, 1.82) is 0 Å². The van der Waals surface area contributed by atoms with Gasteiger partial charge in [-0.3, -0.25) is 4.79 Å². The molecule has 0 atom stereocenters. The quantitative estimate of drug-likeness (QED) is 0.345. The molecule has 0 aromatic heterocycles. The number of urea groups is 1. The maximum Gasteiger partial charge on any atom is 0.329 e. The maximum absolute atomic E-state index is 11.4. The van der Waals surface area contributed by atoms with Crippen LogP contribution in [0, 0.1) is 0 Å². The molecule has 0 unspecified atom stereocenters. The molecule has 0 saturated carbocycles. The molecule has 1 aromatic carbocycles. The number of anilines is 1. The average Bonchev–Trinajstić information content (AvgIpc) is 2.68. The molecule has 0 aliphatic carbocycles. The Morgan fingerprint density at radius 2 is 2.00 bits per heavy atom. The minimum atomic E-state index is -0.421. The fraction of sp³-hybridized carbons (Fsp3) is 0.182. The number of imide groups is 1. The van der Waals surface area contributed by atoms with Crippen molar-refractivity contribution in [2.24, 2.45) is 5.16 Å². The van der Waals surface area contributed by atoms with Gasteiger partial charge in [-0.05, 0) is 24.6 Å². The number of carbonyl (C=O) groups is 2. The van der Waals surface area contributed by atoms with Crippen LogP contribution in [0.4, 0.5) is 10.5 Å². The van der Waals surface area contributed by atoms with Gasteiger partial charge in [-0.15, -0.1) is 0 Å². The van der Waals surface area contributed by atoms with Gasteiger partial charge in [0, 0.05) is 0 Å². The Morgan fingerprint density at radius 1 is 1.35 bits per heavy atom. The number of carbonyl (C=O) groups excluding carboxylic acids is 2. The van der Waals surface area contributed by atoms with Crippen molar-refractivity contribution < 1.29 is 14.8 Å². The summed E-state index contributed by atoms with van der Waals surface area (Å²) in [4.78, 5) is 23.9. The first-order chi connectivity index (χ1) is 8.13. The van der Waals surface area contributed by atoms with Crippen LogP contribution in [0.1, 0.15) is 12.5 Å². The second-order valence-corrected chi connectivity index (χ2v) is 3.62. The smallest absolute Gasteiger partial charge is 0.329 e. The molecule has 2 N–H and O–H groups in total. The van der Waals surface area contributed by atoms with Gasteiger partial charge in [-0.2, -0.15) is 0 Å². The first-order valence-electron chi connectivity index (χ1n) is 5.03. The number of amides is 3. The minimum Gasteiger partial charge on any atom is -0.411 e. The van der Waals surface area contributed by atoms with Gasteiger partial charge in [0.15, 0.2) is 0 Å². The largest absolute Gasteiger partial charge is 0.411 e. The summed E-state index contributed by atoms with van der Waals surface area (Å²) in [5.74, 6) is -0.282. The van der Waals surface area contributed by atoms with Crippen molar-refractivity contribution in [3.05, 3.63) is 29.8 Å². The molecular weight excluding hydrogens is 222 g/mol. The van der Waals surface area contributed by atoms with Crippen molar-refractivity contribution in [3.63, 3.8) is 0 Å². The highest BCUT2D eigenvalue weighted by Gasteiger charge is 2.29. The van der Waals surface area contributed by atoms with E-state index in [9.17, 15) is 9.59 Å². The van der Waals surface area contributed by atoms with E-state index in [1.807, 2.05) is 0 Å². The number of hydrogen-bond acceptors (Lipinski definition) is 4. The molecule has 0 spiro atoms. The van der Waals surface area contributed by atoms with E-state index >= 15 is 0 Å². The molecule has 1 saturated heterocycles. The van der Waals surface area contributed by atoms with Gasteiger partial charge < -0.3 is 10.5 Å². The predicted molar refractivity (Wildman–Crippen MR) is 61.3 cm³/mol. The van der Waals surface area contributed by atoms with Crippen molar-refractivity contribution in [1.82, 2.24) is 5.32 Å². The van der Waals surface area contributed by atoms with Crippen LogP contribution < -0.4 is 10.2 Å². The predicted octanol–water partition coefficient (Wildman–Crippen LogP) is 0.941. The fourth-order valence-electron chi connectivity index (χ4n) is 1.59. The standard InChI is InChI=1S/C11H11N3O3/c1-7(13-17)8-2-4-9(5-3-8)14-10(15)6-12-11(14)16/h2-5,17H,6H2,1H3,(H,12,16). The molecule has 1 fully saturated rings. The molecule has 0 radical (unpaired) electrons. The number of nitrogens with one attached hydrogen (secondary N) is 1. The number of nitrogens with zero attached hydrogens (tertiary/aromatic N) is 2. The second-order valence-electron chi connectivity index (χ2n) is 3.62. The van der Waals surface area contributed by atoms with Crippen LogP contribution in [-0.2, 0) is 4.79 Å². The zero-order valence-electron chi connectivity index (χ0n) is 9.17. The van der Waals surface area contributed by atoms with E-state index in [0.717, 1.165) is 10.5 Å². The molecule has 1 aromatic rings. The van der Waals surface area contributed by atoms with Crippen LogP contribution >= 0.6 is 0 Å². The molecule has 6 nitrogen and oxygen atoms in total. The Labute approximate surface area is 97.5 Å². The van der Waals surface area contributed by atoms with E-state index in [2.05, 4.69) is 10.5 Å². The molecule has 88 valence electrons. The zero-order valence-corrected chi connectivity index (χ0v) is 9.17. The van der Waals surface area contributed by atoms with E-state index in [-0.39, 0.29) is 12.5 Å². The van der Waals surface area contributed by atoms with Crippen LogP contribution in [-0.4, -0.2) is 29.4 Å². The first-order valence-corrected chi connectivity index (χ1v) is 5.03. The summed E-state index contributed by atoms with van der Waals surface area (Å²) in [7, 11) is 0. The number of benzene rings is 1. The minimum absolute atomic E-state index is 0.0255. The highest BCUT2D eigenvalue weighted by atomic mass is 16.4. The summed E-state index contributed by atoms with van der Waals surface area (Å²) in [6.45, 7) is 1.68. The van der Waals surface area contributed by atoms with E-state index in [1.54, 1.807) is 31.2 Å². The molecule has 3 amide bonds. The van der Waals surface area contributed by atoms with Gasteiger partial charge in [0.25, 0.3) is 5.91 Å². The van der Waals surface area contributed by atoms with Crippen LogP contribution in [0.25, 0.3) is 0 Å². The van der Waals surface area contributed by atoms with Crippen LogP contribution in [0.5, 0.6) is 0 Å². The summed E-state index contributed by atoms with van der Waals surface area (Å²) in [5.41, 5.74) is 1.69. The Morgan fingerprint density at radius 3 is 2.47 bits per heavy atom. The summed E-state index contributed by atoms with van der Waals surface area (Å²) >= 11 is 0. The lowest BCUT2D eigenvalue weighted by Crippen LogP contribution is -2.30. The highest BCUT2D eigenvalue weighted by molar-refractivity contribution is 6.19. The molecular formula is C11H11N3O3. The molecule has 17 heavy (non-hydrogen) atoms. The Balaban J connectivity index is 2.29. The first kappa shape index (κ1) is 11.1. The molecule has 1 aliphatic heterocycles. The molecule has 1 heterocycles. The topological polar surface area (TPSA) is 82.0 Å². The third kappa shape index (κ3) is 1.96. The van der Waals surface area contributed by atoms with Crippen LogP contribution in [0.3, 0.4) is 0 Å². The van der Waals surface area contributed by atoms with Gasteiger partial charge in [0.2, 0.25) is 0 Å². The van der Waals surface area contributed by atoms with Crippen molar-refractivity contribution in [3.8, 4) is 0 Å². The fourth-order valence-corrected chi connectivity index (χ4v) is 1.59. The average molecular weight is 233 g/mol. The van der Waals surface area contributed by atoms with Crippen LogP contribution in [0.2, 0.25) is 0 Å². The summed E-state index contributed by atoms with van der Waals surface area (Å²) < 4.78 is 0. The Bertz CT molecular complexity index is 477. The Hall–Kier alpha value is -2.37. The SMILES string of the molecule is CC(=NO)c1ccc(N2C(=O)CNC2=O)cc1. The van der Waals surface area contributed by atoms with Gasteiger partial charge >= 0.3 is 6.03 Å². The van der Waals surface area contributed by atoms with E-state index in [1.165, 1.54) is 0 Å². The molecule has 1 aliphatic rings. The lowest BCUT2D eigenvalue weighted by atomic mass is 10.1. The van der Waals surface area contributed by atoms with E-state index in [0.29, 0.717) is 11.4 Å². The normalized spacial score (nSPS) is 16.3. The van der Waals surface area contributed by atoms with Gasteiger partial charge in [-0.1, -0.05) is 17.3 Å². The van der Waals surface area contributed by atoms with Gasteiger partial charge in [-0.25, -0.2) is 9.69 Å². The number of hydrogen-bond donors (Lipinski definition) is 2. The highest BCUT2D eigenvalue weighted by Crippen LogP contribution is 2.18. The van der Waals surface area contributed by atoms with Crippen molar-refractivity contribution in [2.75, 3.05) is 11.4 Å². The van der Waals surface area contributed by atoms with Gasteiger partial charge in [0.1, 0.15) is 0 Å². The Kier molecular flexibility index (Phi) is 2.78. The number of oxime groups is 1. The van der Waals surface area contributed by atoms with Gasteiger partial charge in [0.05, 0.1) is 17.9 Å². The van der Waals surface area contributed by atoms with Crippen molar-refractivity contribution in [2.45, 2.75) is 6.92 Å². The maximum atomic E-state index is 11.4. The molecule has 0 bridgehead atoms. The monoisotopic (exact) mass is 233 g/mol. The second kappa shape index (κ2) is 4.25. The van der Waals surface area contributed by atoms with E-state index < -0.39 is 6.03 Å². The summed E-state index contributed by atoms with van der Waals surface area (Å²) in [5, 5.41) is 14.1. The lowest BCUT2D eigenvalue weighted by Gasteiger charge is -2.12. The third-order valence-corrected chi connectivity index (χ3v) is 2.54. The lowest BCUT2D eigenvalue weighted by molar-refractivity contribution is -0.115. The zero-order chi connectivity index (χ0) is 12.4. The third-order valence-electron chi connectivity index (χ3n) is 2.54. The molecule has 6 heteroatoms. The molecule has 2 rings (SSSR count). The van der Waals surface area contributed by atoms with Crippen LogP contribution in [0.15, 0.2) is 29.4 Å². The summed E-state index contributed by atoms with van der Waals surface area (Å²) in [6, 6.07) is 6.21. The number of rotatable bonds is 2. The van der Waals surface area contributed by atoms with E-state index in [4.69, 9.17) is 5.21 Å². The summed E-state index contributed by atoms with van der Waals surface area (Å²) in [6.07, 6.45) is 0. The van der Waals surface area contributed by atoms with Crippen molar-refractivity contribution >= 4 is 23.3 Å².